The van der Waals surface area contributed by atoms with Gasteiger partial charge in [0.2, 0.25) is 0 Å². The molecule has 0 aromatic carbocycles. The quantitative estimate of drug-likeness (QED) is 0.625. The Hall–Kier alpha value is -0.850. The number of halogens is 2. The van der Waals surface area contributed by atoms with Gasteiger partial charge in [0, 0.05) is 16.7 Å². The number of ketones is 1. The van der Waals surface area contributed by atoms with Crippen molar-refractivity contribution in [2.75, 3.05) is 6.61 Å². The van der Waals surface area contributed by atoms with Gasteiger partial charge < -0.3 is 15.3 Å². The summed E-state index contributed by atoms with van der Waals surface area (Å²) in [4.78, 5) is 12.5. The summed E-state index contributed by atoms with van der Waals surface area (Å²) < 4.78 is 32.1. The SMILES string of the molecule is C[C@H]1C[C@H]2[C@@H]3C[C@H](F)C4=CCCC[C@]4(C)[C@@]3(F)[C@@H](O)C[C@]2(C)[C@@]1(O)C(=O)CO. The number of fused-ring (bicyclic) bond motifs is 5. The molecule has 4 nitrogen and oxygen atoms in total. The zero-order chi connectivity index (χ0) is 20.7. The van der Waals surface area contributed by atoms with Crippen LogP contribution in [-0.4, -0.2) is 51.3 Å². The second-order valence-corrected chi connectivity index (χ2v) is 10.2. The lowest BCUT2D eigenvalue weighted by Gasteiger charge is -2.64. The summed E-state index contributed by atoms with van der Waals surface area (Å²) in [6, 6.07) is 0. The predicted octanol–water partition coefficient (Wildman–Crippen LogP) is 2.89. The van der Waals surface area contributed by atoms with Gasteiger partial charge in [-0.15, -0.1) is 0 Å². The van der Waals surface area contributed by atoms with Crippen molar-refractivity contribution in [3.63, 3.8) is 0 Å². The first kappa shape index (κ1) is 20.4. The van der Waals surface area contributed by atoms with Crippen molar-refractivity contribution in [1.82, 2.24) is 0 Å². The van der Waals surface area contributed by atoms with Crippen molar-refractivity contribution < 1.29 is 28.9 Å². The number of allylic oxidation sites excluding steroid dienone is 2. The van der Waals surface area contributed by atoms with Crippen LogP contribution in [0.15, 0.2) is 11.6 Å². The fraction of sp³-hybridized carbons (Fsp3) is 0.864. The van der Waals surface area contributed by atoms with Crippen molar-refractivity contribution in [3.8, 4) is 0 Å². The molecule has 4 rings (SSSR count). The molecular formula is C22H32F2O4. The first-order chi connectivity index (χ1) is 13.0. The van der Waals surface area contributed by atoms with Gasteiger partial charge in [-0.05, 0) is 55.9 Å². The number of carbonyl (C=O) groups is 1. The first-order valence-corrected chi connectivity index (χ1v) is 10.6. The monoisotopic (exact) mass is 398 g/mol. The average molecular weight is 398 g/mol. The summed E-state index contributed by atoms with van der Waals surface area (Å²) in [7, 11) is 0. The normalized spacial score (nSPS) is 55.7. The molecule has 4 aliphatic rings. The molecule has 0 heterocycles. The molecule has 158 valence electrons. The van der Waals surface area contributed by atoms with Crippen LogP contribution < -0.4 is 0 Å². The van der Waals surface area contributed by atoms with E-state index in [9.17, 15) is 20.1 Å². The van der Waals surface area contributed by atoms with Crippen LogP contribution in [0.5, 0.6) is 0 Å². The van der Waals surface area contributed by atoms with Gasteiger partial charge in [-0.2, -0.15) is 0 Å². The third-order valence-corrected chi connectivity index (χ3v) is 9.23. The molecule has 0 aliphatic heterocycles. The van der Waals surface area contributed by atoms with E-state index in [1.54, 1.807) is 20.8 Å². The van der Waals surface area contributed by atoms with E-state index < -0.39 is 64.5 Å². The molecule has 4 aliphatic carbocycles. The van der Waals surface area contributed by atoms with Gasteiger partial charge in [0.15, 0.2) is 5.78 Å². The summed E-state index contributed by atoms with van der Waals surface area (Å²) >= 11 is 0. The third kappa shape index (κ3) is 2.07. The number of Topliss-reactive ketones (excluding diaryl/α,β-unsaturated/α-hetero) is 1. The van der Waals surface area contributed by atoms with Gasteiger partial charge in [0.05, 0.1) is 6.10 Å². The zero-order valence-corrected chi connectivity index (χ0v) is 16.9. The molecule has 28 heavy (non-hydrogen) atoms. The van der Waals surface area contributed by atoms with Gasteiger partial charge in [-0.25, -0.2) is 8.78 Å². The van der Waals surface area contributed by atoms with Crippen molar-refractivity contribution in [2.45, 2.75) is 82.8 Å². The van der Waals surface area contributed by atoms with Crippen molar-refractivity contribution in [3.05, 3.63) is 11.6 Å². The Labute approximate surface area is 165 Å². The van der Waals surface area contributed by atoms with Gasteiger partial charge >= 0.3 is 0 Å². The number of rotatable bonds is 2. The number of hydrogen-bond donors (Lipinski definition) is 3. The molecular weight excluding hydrogens is 366 g/mol. The molecule has 0 bridgehead atoms. The molecule has 0 saturated heterocycles. The van der Waals surface area contributed by atoms with Crippen LogP contribution in [0.25, 0.3) is 0 Å². The van der Waals surface area contributed by atoms with Crippen LogP contribution in [0, 0.1) is 28.6 Å². The molecule has 0 spiro atoms. The van der Waals surface area contributed by atoms with E-state index in [0.29, 0.717) is 18.4 Å². The predicted molar refractivity (Wildman–Crippen MR) is 99.9 cm³/mol. The van der Waals surface area contributed by atoms with E-state index in [1.807, 2.05) is 6.08 Å². The first-order valence-electron chi connectivity index (χ1n) is 10.6. The van der Waals surface area contributed by atoms with E-state index in [0.717, 1.165) is 12.8 Å². The van der Waals surface area contributed by atoms with Crippen LogP contribution in [0.4, 0.5) is 8.78 Å². The standard InChI is InChI=1S/C22H32F2O4/c1-12-8-14-15-9-16(23)13-6-4-5-7-19(13,2)21(15,24)17(26)10-20(14,3)22(12,28)18(27)11-25/h6,12,14-17,25-26,28H,4-5,7-11H2,1-3H3/t12-,14-,15-,16-,17-,19-,20-,21-,22-/m0/s1. The molecule has 0 aromatic heterocycles. The van der Waals surface area contributed by atoms with E-state index >= 15 is 8.78 Å². The van der Waals surface area contributed by atoms with E-state index in [1.165, 1.54) is 0 Å². The summed E-state index contributed by atoms with van der Waals surface area (Å²) in [5, 5.41) is 32.0. The van der Waals surface area contributed by atoms with Crippen LogP contribution >= 0.6 is 0 Å². The Bertz CT molecular complexity index is 725. The smallest absolute Gasteiger partial charge is 0.190 e. The fourth-order valence-corrected chi connectivity index (χ4v) is 7.81. The zero-order valence-electron chi connectivity index (χ0n) is 16.9. The Morgan fingerprint density at radius 2 is 1.96 bits per heavy atom. The lowest BCUT2D eigenvalue weighted by atomic mass is 9.43. The molecule has 0 aromatic rings. The summed E-state index contributed by atoms with van der Waals surface area (Å²) in [5.41, 5.74) is -5.52. The lowest BCUT2D eigenvalue weighted by molar-refractivity contribution is -0.233. The lowest BCUT2D eigenvalue weighted by Crippen LogP contribution is -2.70. The van der Waals surface area contributed by atoms with Crippen LogP contribution in [-0.2, 0) is 4.79 Å². The largest absolute Gasteiger partial charge is 0.390 e. The average Bonchev–Trinajstić information content (AvgIpc) is 2.85. The number of carbonyl (C=O) groups excluding carboxylic acids is 1. The topological polar surface area (TPSA) is 77.8 Å². The molecule has 0 amide bonds. The Morgan fingerprint density at radius 3 is 2.61 bits per heavy atom. The number of alkyl halides is 2. The Balaban J connectivity index is 1.85. The van der Waals surface area contributed by atoms with Crippen molar-refractivity contribution in [1.29, 1.82) is 0 Å². The third-order valence-electron chi connectivity index (χ3n) is 9.23. The highest BCUT2D eigenvalue weighted by atomic mass is 19.1. The van der Waals surface area contributed by atoms with Gasteiger partial charge in [0.1, 0.15) is 24.0 Å². The molecule has 9 atom stereocenters. The summed E-state index contributed by atoms with van der Waals surface area (Å²) in [5.74, 6) is -2.40. The summed E-state index contributed by atoms with van der Waals surface area (Å²) in [6.45, 7) is 4.37. The van der Waals surface area contributed by atoms with Crippen LogP contribution in [0.3, 0.4) is 0 Å². The minimum absolute atomic E-state index is 0.0364. The number of hydrogen-bond acceptors (Lipinski definition) is 4. The fourth-order valence-electron chi connectivity index (χ4n) is 7.81. The molecule has 0 radical (unpaired) electrons. The van der Waals surface area contributed by atoms with E-state index in [-0.39, 0.29) is 12.8 Å². The van der Waals surface area contributed by atoms with Gasteiger partial charge in [-0.3, -0.25) is 4.79 Å². The highest BCUT2D eigenvalue weighted by Gasteiger charge is 2.76. The van der Waals surface area contributed by atoms with Gasteiger partial charge in [0.25, 0.3) is 0 Å². The Kier molecular flexibility index (Phi) is 4.44. The van der Waals surface area contributed by atoms with Crippen molar-refractivity contribution >= 4 is 5.78 Å². The number of aliphatic hydroxyl groups excluding tert-OH is 2. The molecule has 6 heteroatoms. The highest BCUT2D eigenvalue weighted by Crippen LogP contribution is 2.71. The minimum atomic E-state index is -1.99. The van der Waals surface area contributed by atoms with Gasteiger partial charge in [-0.1, -0.05) is 26.8 Å². The second kappa shape index (κ2) is 6.08. The van der Waals surface area contributed by atoms with Crippen LogP contribution in [0.1, 0.15) is 59.3 Å². The second-order valence-electron chi connectivity index (χ2n) is 10.2. The van der Waals surface area contributed by atoms with E-state index in [4.69, 9.17) is 0 Å². The molecule has 3 saturated carbocycles. The van der Waals surface area contributed by atoms with Crippen LogP contribution in [0.2, 0.25) is 0 Å². The maximum Gasteiger partial charge on any atom is 0.190 e. The van der Waals surface area contributed by atoms with E-state index in [2.05, 4.69) is 0 Å². The maximum atomic E-state index is 16.9. The maximum absolute atomic E-state index is 16.9. The number of aliphatic hydroxyl groups is 3. The molecule has 3 fully saturated rings. The highest BCUT2D eigenvalue weighted by molar-refractivity contribution is 5.90. The Morgan fingerprint density at radius 1 is 1.29 bits per heavy atom. The van der Waals surface area contributed by atoms with Crippen molar-refractivity contribution in [2.24, 2.45) is 28.6 Å². The molecule has 0 unspecified atom stereocenters. The minimum Gasteiger partial charge on any atom is -0.390 e. The summed E-state index contributed by atoms with van der Waals surface area (Å²) in [6.07, 6.45) is 1.38. The molecule has 3 N–H and O–H groups in total.